The Morgan fingerprint density at radius 3 is 2.22 bits per heavy atom. The van der Waals surface area contributed by atoms with Crippen molar-refractivity contribution >= 4 is 28.9 Å². The zero-order valence-corrected chi connectivity index (χ0v) is 15.1. The van der Waals surface area contributed by atoms with Crippen molar-refractivity contribution in [2.45, 2.75) is 12.8 Å². The number of rotatable bonds is 6. The fraction of sp³-hybridized carbons (Fsp3) is 0.0952. The summed E-state index contributed by atoms with van der Waals surface area (Å²) in [5.74, 6) is -1.27. The van der Waals surface area contributed by atoms with Crippen molar-refractivity contribution in [3.63, 3.8) is 0 Å². The van der Waals surface area contributed by atoms with Gasteiger partial charge in [0.1, 0.15) is 0 Å². The second kappa shape index (κ2) is 8.30. The summed E-state index contributed by atoms with van der Waals surface area (Å²) in [6.07, 6.45) is 0.831. The largest absolute Gasteiger partial charge is 0.478 e. The highest BCUT2D eigenvalue weighted by Crippen LogP contribution is 2.22. The Morgan fingerprint density at radius 1 is 1.00 bits per heavy atom. The van der Waals surface area contributed by atoms with Gasteiger partial charge in [-0.15, -0.1) is 11.3 Å². The van der Waals surface area contributed by atoms with Crippen LogP contribution in [0.4, 0.5) is 5.69 Å². The maximum Gasteiger partial charge on any atom is 0.338 e. The number of nitrogens with zero attached hydrogens (tertiary/aromatic N) is 1. The lowest BCUT2D eigenvalue weighted by atomic mass is 10.0. The number of carbonyl (C=O) groups is 2. The van der Waals surface area contributed by atoms with E-state index in [2.05, 4.69) is 11.4 Å². The molecule has 0 saturated heterocycles. The molecule has 1 amide bonds. The van der Waals surface area contributed by atoms with E-state index in [0.717, 1.165) is 16.7 Å². The van der Waals surface area contributed by atoms with Gasteiger partial charge in [-0.3, -0.25) is 4.79 Å². The molecule has 1 heterocycles. The van der Waals surface area contributed by atoms with E-state index in [1.807, 2.05) is 36.4 Å². The summed E-state index contributed by atoms with van der Waals surface area (Å²) in [6, 6.07) is 17.4. The number of hydrogen-bond donors (Lipinski definition) is 2. The zero-order valence-electron chi connectivity index (χ0n) is 14.3. The Kier molecular flexibility index (Phi) is 5.64. The lowest BCUT2D eigenvalue weighted by molar-refractivity contribution is -0.116. The van der Waals surface area contributed by atoms with Crippen LogP contribution in [0.25, 0.3) is 11.1 Å². The highest BCUT2D eigenvalue weighted by Gasteiger charge is 2.13. The fourth-order valence-electron chi connectivity index (χ4n) is 2.63. The van der Waals surface area contributed by atoms with Crippen molar-refractivity contribution in [2.75, 3.05) is 5.32 Å². The molecule has 3 aromatic rings. The Bertz CT molecular complexity index is 999. The van der Waals surface area contributed by atoms with Crippen molar-refractivity contribution < 1.29 is 14.7 Å². The summed E-state index contributed by atoms with van der Waals surface area (Å²) in [5.41, 5.74) is 4.16. The third-order valence-corrected chi connectivity index (χ3v) is 4.85. The molecule has 0 atom stereocenters. The Balaban J connectivity index is 1.58. The first kappa shape index (κ1) is 18.4. The first-order valence-corrected chi connectivity index (χ1v) is 9.20. The number of carboxylic acids is 1. The molecular weight excluding hydrogens is 360 g/mol. The number of benzene rings is 2. The number of carbonyl (C=O) groups excluding carboxylic acids is 1. The van der Waals surface area contributed by atoms with Gasteiger partial charge in [0.05, 0.1) is 22.9 Å². The molecule has 0 spiro atoms. The van der Waals surface area contributed by atoms with Gasteiger partial charge >= 0.3 is 5.97 Å². The molecule has 0 saturated carbocycles. The van der Waals surface area contributed by atoms with Crippen LogP contribution in [0, 0.1) is 11.3 Å². The number of amides is 1. The minimum absolute atomic E-state index is 0.111. The summed E-state index contributed by atoms with van der Waals surface area (Å²) in [6.45, 7) is 0. The lowest BCUT2D eigenvalue weighted by Gasteiger charge is -2.06. The molecular formula is C21H16N2O3S. The molecule has 0 fully saturated rings. The van der Waals surface area contributed by atoms with Crippen molar-refractivity contribution in [3.05, 3.63) is 76.0 Å². The standard InChI is InChI=1S/C21H16N2O3S/c22-11-15-3-8-17(9-4-15)16-6-1-14(2-7-16)5-10-20(24)23-19-13-27-12-18(19)21(25)26/h1-4,6-9,12-13H,5,10H2,(H,23,24)(H,25,26). The lowest BCUT2D eigenvalue weighted by Crippen LogP contribution is -2.14. The van der Waals surface area contributed by atoms with Crippen molar-refractivity contribution in [1.29, 1.82) is 5.26 Å². The molecule has 0 aliphatic rings. The van der Waals surface area contributed by atoms with Crippen molar-refractivity contribution in [3.8, 4) is 17.2 Å². The number of nitrogens with one attached hydrogen (secondary N) is 1. The van der Waals surface area contributed by atoms with Gasteiger partial charge in [-0.05, 0) is 35.2 Å². The maximum absolute atomic E-state index is 12.1. The molecule has 5 nitrogen and oxygen atoms in total. The minimum atomic E-state index is -1.05. The van der Waals surface area contributed by atoms with E-state index >= 15 is 0 Å². The molecule has 27 heavy (non-hydrogen) atoms. The van der Waals surface area contributed by atoms with Gasteiger partial charge in [-0.1, -0.05) is 36.4 Å². The van der Waals surface area contributed by atoms with Crippen LogP contribution < -0.4 is 5.32 Å². The highest BCUT2D eigenvalue weighted by atomic mass is 32.1. The van der Waals surface area contributed by atoms with Crippen LogP contribution in [0.3, 0.4) is 0 Å². The number of anilines is 1. The van der Waals surface area contributed by atoms with E-state index in [0.29, 0.717) is 17.7 Å². The summed E-state index contributed by atoms with van der Waals surface area (Å²) < 4.78 is 0. The number of thiophene rings is 1. The van der Waals surface area contributed by atoms with E-state index in [-0.39, 0.29) is 17.9 Å². The second-order valence-corrected chi connectivity index (χ2v) is 6.68. The first-order chi connectivity index (χ1) is 13.1. The highest BCUT2D eigenvalue weighted by molar-refractivity contribution is 7.08. The van der Waals surface area contributed by atoms with Crippen molar-refractivity contribution in [1.82, 2.24) is 0 Å². The SMILES string of the molecule is N#Cc1ccc(-c2ccc(CCC(=O)Nc3cscc3C(=O)O)cc2)cc1. The molecule has 0 aliphatic carbocycles. The number of hydrogen-bond acceptors (Lipinski definition) is 4. The summed E-state index contributed by atoms with van der Waals surface area (Å²) in [4.78, 5) is 23.1. The van der Waals surface area contributed by atoms with E-state index < -0.39 is 5.97 Å². The monoisotopic (exact) mass is 376 g/mol. The number of aryl methyl sites for hydroxylation is 1. The van der Waals surface area contributed by atoms with E-state index in [1.54, 1.807) is 17.5 Å². The van der Waals surface area contributed by atoms with Crippen LogP contribution in [0.2, 0.25) is 0 Å². The zero-order chi connectivity index (χ0) is 19.2. The third-order valence-electron chi connectivity index (χ3n) is 4.11. The van der Waals surface area contributed by atoms with Gasteiger partial charge in [-0.25, -0.2) is 4.79 Å². The molecule has 1 aromatic heterocycles. The van der Waals surface area contributed by atoms with Crippen LogP contribution in [0.1, 0.15) is 27.9 Å². The third kappa shape index (κ3) is 4.60. The van der Waals surface area contributed by atoms with Crippen LogP contribution >= 0.6 is 11.3 Å². The minimum Gasteiger partial charge on any atom is -0.478 e. The molecule has 0 radical (unpaired) electrons. The van der Waals surface area contributed by atoms with Gasteiger partial charge in [0.15, 0.2) is 0 Å². The first-order valence-electron chi connectivity index (χ1n) is 8.25. The Hall–Kier alpha value is -3.43. The van der Waals surface area contributed by atoms with E-state index in [9.17, 15) is 9.59 Å². The van der Waals surface area contributed by atoms with Crippen molar-refractivity contribution in [2.24, 2.45) is 0 Å². The van der Waals surface area contributed by atoms with Gasteiger partial charge in [0, 0.05) is 17.2 Å². The van der Waals surface area contributed by atoms with Crippen LogP contribution in [-0.4, -0.2) is 17.0 Å². The molecule has 0 bridgehead atoms. The van der Waals surface area contributed by atoms with E-state index in [4.69, 9.17) is 10.4 Å². The molecule has 0 unspecified atom stereocenters. The number of carboxylic acid groups (broad SMARTS) is 1. The average molecular weight is 376 g/mol. The topological polar surface area (TPSA) is 90.2 Å². The maximum atomic E-state index is 12.1. The fourth-order valence-corrected chi connectivity index (χ4v) is 3.39. The molecule has 0 aliphatic heterocycles. The quantitative estimate of drug-likeness (QED) is 0.660. The summed E-state index contributed by atoms with van der Waals surface area (Å²) >= 11 is 1.24. The van der Waals surface area contributed by atoms with E-state index in [1.165, 1.54) is 16.7 Å². The smallest absolute Gasteiger partial charge is 0.338 e. The van der Waals surface area contributed by atoms with Gasteiger partial charge in [0.2, 0.25) is 5.91 Å². The molecule has 6 heteroatoms. The second-order valence-electron chi connectivity index (χ2n) is 5.94. The Morgan fingerprint density at radius 2 is 1.63 bits per heavy atom. The van der Waals surface area contributed by atoms with Crippen LogP contribution in [-0.2, 0) is 11.2 Å². The van der Waals surface area contributed by atoms with Gasteiger partial charge in [-0.2, -0.15) is 5.26 Å². The van der Waals surface area contributed by atoms with Crippen LogP contribution in [0.15, 0.2) is 59.3 Å². The molecule has 3 rings (SSSR count). The van der Waals surface area contributed by atoms with Crippen LogP contribution in [0.5, 0.6) is 0 Å². The number of aromatic carboxylic acids is 1. The average Bonchev–Trinajstić information content (AvgIpc) is 3.15. The molecule has 2 N–H and O–H groups in total. The summed E-state index contributed by atoms with van der Waals surface area (Å²) in [5, 5.41) is 23.7. The van der Waals surface area contributed by atoms with Gasteiger partial charge in [0.25, 0.3) is 0 Å². The molecule has 134 valence electrons. The predicted molar refractivity (Wildman–Crippen MR) is 105 cm³/mol. The normalized spacial score (nSPS) is 10.2. The van der Waals surface area contributed by atoms with Gasteiger partial charge < -0.3 is 10.4 Å². The number of nitriles is 1. The predicted octanol–water partition coefficient (Wildman–Crippen LogP) is 4.56. The Labute approximate surface area is 160 Å². The molecule has 2 aromatic carbocycles. The summed E-state index contributed by atoms with van der Waals surface area (Å²) in [7, 11) is 0.